The molecule has 6 nitrogen and oxygen atoms in total. The van der Waals surface area contributed by atoms with Crippen LogP contribution in [0.3, 0.4) is 0 Å². The van der Waals surface area contributed by atoms with Crippen molar-refractivity contribution >= 4 is 23.2 Å². The number of nitrogens with one attached hydrogen (secondary N) is 1. The Morgan fingerprint density at radius 2 is 1.57 bits per heavy atom. The van der Waals surface area contributed by atoms with E-state index in [1.54, 1.807) is 38.5 Å². The quantitative estimate of drug-likeness (QED) is 0.450. The first-order valence-electron chi connectivity index (χ1n) is 8.79. The molecule has 146 valence electrons. The van der Waals surface area contributed by atoms with Gasteiger partial charge in [-0.1, -0.05) is 11.8 Å². The molecule has 0 amide bonds. The Hall–Kier alpha value is -2.93. The summed E-state index contributed by atoms with van der Waals surface area (Å²) in [6.07, 6.45) is 0. The lowest BCUT2D eigenvalue weighted by molar-refractivity contribution is 0.102. The number of thioether (sulfide) groups is 1. The maximum Gasteiger partial charge on any atom is 0.187 e. The summed E-state index contributed by atoms with van der Waals surface area (Å²) in [7, 11) is 3.24. The van der Waals surface area contributed by atoms with Crippen molar-refractivity contribution in [3.63, 3.8) is 0 Å². The summed E-state index contributed by atoms with van der Waals surface area (Å²) in [5, 5.41) is 0.743. The van der Waals surface area contributed by atoms with Crippen LogP contribution in [0, 0.1) is 13.8 Å². The molecule has 7 heteroatoms. The van der Waals surface area contributed by atoms with Crippen LogP contribution >= 0.6 is 11.8 Å². The smallest absolute Gasteiger partial charge is 0.187 e. The molecule has 1 N–H and O–H groups in total. The topological polar surface area (TPSA) is 65.4 Å². The number of hydrogen-bond donors (Lipinski definition) is 1. The molecule has 28 heavy (non-hydrogen) atoms. The molecule has 0 saturated heterocycles. The number of methoxy groups -OCH3 is 2. The third-order valence-corrected chi connectivity index (χ3v) is 5.33. The monoisotopic (exact) mass is 397 g/mol. The van der Waals surface area contributed by atoms with Crippen LogP contribution in [-0.4, -0.2) is 35.4 Å². The maximum atomic E-state index is 12.5. The zero-order valence-electron chi connectivity index (χ0n) is 16.4. The Balaban J connectivity index is 1.72. The van der Waals surface area contributed by atoms with Gasteiger partial charge in [-0.25, -0.2) is 9.66 Å². The third kappa shape index (κ3) is 4.48. The van der Waals surface area contributed by atoms with Crippen molar-refractivity contribution in [2.75, 3.05) is 25.4 Å². The number of ketones is 1. The predicted octanol–water partition coefficient (Wildman–Crippen LogP) is 4.37. The number of hydrogen-bond acceptors (Lipinski definition) is 6. The van der Waals surface area contributed by atoms with E-state index in [-0.39, 0.29) is 5.78 Å². The fraction of sp³-hybridized carbons (Fsp3) is 0.238. The molecule has 0 spiro atoms. The first-order valence-corrected chi connectivity index (χ1v) is 9.77. The van der Waals surface area contributed by atoms with Gasteiger partial charge in [0, 0.05) is 5.56 Å². The second-order valence-corrected chi connectivity index (χ2v) is 7.12. The van der Waals surface area contributed by atoms with Gasteiger partial charge in [0.25, 0.3) is 0 Å². The average Bonchev–Trinajstić information content (AvgIpc) is 3.00. The van der Waals surface area contributed by atoms with E-state index >= 15 is 0 Å². The standard InChI is InChI=1S/C21H23N3O3S/c1-14-15(2)24(23-17-7-11-19(27-4)12-8-17)21(22-14)28-13-20(25)16-5-9-18(26-3)10-6-16/h5-12,23H,13H2,1-4H3. The van der Waals surface area contributed by atoms with Gasteiger partial charge >= 0.3 is 0 Å². The van der Waals surface area contributed by atoms with Crippen molar-refractivity contribution in [3.05, 3.63) is 65.5 Å². The zero-order chi connectivity index (χ0) is 20.1. The van der Waals surface area contributed by atoms with E-state index in [2.05, 4.69) is 10.4 Å². The van der Waals surface area contributed by atoms with Crippen LogP contribution < -0.4 is 14.9 Å². The fourth-order valence-electron chi connectivity index (χ4n) is 2.59. The molecular weight excluding hydrogens is 374 g/mol. The summed E-state index contributed by atoms with van der Waals surface area (Å²) in [5.41, 5.74) is 6.82. The molecule has 0 aliphatic rings. The van der Waals surface area contributed by atoms with E-state index in [0.29, 0.717) is 11.3 Å². The number of rotatable bonds is 8. The molecule has 3 rings (SSSR count). The molecule has 2 aromatic carbocycles. The second kappa shape index (κ2) is 8.84. The predicted molar refractivity (Wildman–Crippen MR) is 112 cm³/mol. The van der Waals surface area contributed by atoms with Crippen LogP contribution in [0.15, 0.2) is 53.7 Å². The molecule has 0 unspecified atom stereocenters. The number of imidazole rings is 1. The fourth-order valence-corrected chi connectivity index (χ4v) is 3.53. The molecule has 0 aliphatic heterocycles. The lowest BCUT2D eigenvalue weighted by Gasteiger charge is -2.13. The van der Waals surface area contributed by atoms with Crippen LogP contribution in [0.5, 0.6) is 11.5 Å². The van der Waals surface area contributed by atoms with Crippen molar-refractivity contribution in [2.45, 2.75) is 19.0 Å². The first-order chi connectivity index (χ1) is 13.5. The molecule has 1 heterocycles. The summed E-state index contributed by atoms with van der Waals surface area (Å²) >= 11 is 1.41. The van der Waals surface area contributed by atoms with Crippen LogP contribution in [0.1, 0.15) is 21.7 Å². The van der Waals surface area contributed by atoms with Crippen molar-refractivity contribution in [1.29, 1.82) is 0 Å². The number of ether oxygens (including phenoxy) is 2. The number of aryl methyl sites for hydroxylation is 1. The number of carbonyl (C=O) groups is 1. The van der Waals surface area contributed by atoms with Gasteiger partial charge in [0.05, 0.1) is 37.0 Å². The SMILES string of the molecule is COc1ccc(Nn2c(SCC(=O)c3ccc(OC)cc3)nc(C)c2C)cc1. The van der Waals surface area contributed by atoms with E-state index in [1.165, 1.54) is 11.8 Å². The zero-order valence-corrected chi connectivity index (χ0v) is 17.2. The van der Waals surface area contributed by atoms with E-state index < -0.39 is 0 Å². The summed E-state index contributed by atoms with van der Waals surface area (Å²) < 4.78 is 12.2. The van der Waals surface area contributed by atoms with Gasteiger partial charge in [0.2, 0.25) is 0 Å². The molecular formula is C21H23N3O3S. The molecule has 1 aromatic heterocycles. The van der Waals surface area contributed by atoms with E-state index in [4.69, 9.17) is 9.47 Å². The maximum absolute atomic E-state index is 12.5. The Kier molecular flexibility index (Phi) is 6.26. The number of benzene rings is 2. The largest absolute Gasteiger partial charge is 0.497 e. The highest BCUT2D eigenvalue weighted by Crippen LogP contribution is 2.24. The summed E-state index contributed by atoms with van der Waals surface area (Å²) in [6.45, 7) is 3.95. The molecule has 0 fully saturated rings. The molecule has 3 aromatic rings. The van der Waals surface area contributed by atoms with Crippen molar-refractivity contribution in [3.8, 4) is 11.5 Å². The van der Waals surface area contributed by atoms with E-state index in [9.17, 15) is 4.79 Å². The third-order valence-electron chi connectivity index (χ3n) is 4.39. The van der Waals surface area contributed by atoms with Gasteiger partial charge < -0.3 is 9.47 Å². The van der Waals surface area contributed by atoms with Crippen molar-refractivity contribution in [2.24, 2.45) is 0 Å². The van der Waals surface area contributed by atoms with Gasteiger partial charge in [0.15, 0.2) is 10.9 Å². The van der Waals surface area contributed by atoms with Crippen molar-refractivity contribution in [1.82, 2.24) is 9.66 Å². The van der Waals surface area contributed by atoms with Crippen molar-refractivity contribution < 1.29 is 14.3 Å². The average molecular weight is 398 g/mol. The van der Waals surface area contributed by atoms with Crippen LogP contribution in [0.2, 0.25) is 0 Å². The second-order valence-electron chi connectivity index (χ2n) is 6.18. The van der Waals surface area contributed by atoms with Gasteiger partial charge in [-0.05, 0) is 62.4 Å². The van der Waals surface area contributed by atoms with E-state index in [1.807, 2.05) is 42.8 Å². The van der Waals surface area contributed by atoms with Gasteiger partial charge in [-0.3, -0.25) is 10.2 Å². The Morgan fingerprint density at radius 1 is 1.00 bits per heavy atom. The molecule has 0 atom stereocenters. The Labute approximate surface area is 168 Å². The molecule has 0 bridgehead atoms. The van der Waals surface area contributed by atoms with Crippen LogP contribution in [0.4, 0.5) is 5.69 Å². The van der Waals surface area contributed by atoms with Gasteiger partial charge in [-0.15, -0.1) is 0 Å². The highest BCUT2D eigenvalue weighted by atomic mass is 32.2. The number of aromatic nitrogens is 2. The Morgan fingerprint density at radius 3 is 2.14 bits per heavy atom. The number of carbonyl (C=O) groups excluding carboxylic acids is 1. The Bertz CT molecular complexity index is 950. The highest BCUT2D eigenvalue weighted by Gasteiger charge is 2.15. The lowest BCUT2D eigenvalue weighted by Crippen LogP contribution is -2.13. The first kappa shape index (κ1) is 19.8. The molecule has 0 aliphatic carbocycles. The number of anilines is 1. The summed E-state index contributed by atoms with van der Waals surface area (Å²) in [5.74, 6) is 1.87. The van der Waals surface area contributed by atoms with Gasteiger partial charge in [-0.2, -0.15) is 0 Å². The molecule has 0 radical (unpaired) electrons. The van der Waals surface area contributed by atoms with E-state index in [0.717, 1.165) is 33.7 Å². The van der Waals surface area contributed by atoms with Gasteiger partial charge in [0.1, 0.15) is 11.5 Å². The minimum Gasteiger partial charge on any atom is -0.497 e. The van der Waals surface area contributed by atoms with Crippen LogP contribution in [0.25, 0.3) is 0 Å². The number of Topliss-reactive ketones (excluding diaryl/α,β-unsaturated/α-hetero) is 1. The minimum absolute atomic E-state index is 0.0435. The summed E-state index contributed by atoms with van der Waals surface area (Å²) in [6, 6.07) is 14.8. The summed E-state index contributed by atoms with van der Waals surface area (Å²) in [4.78, 5) is 17.1. The minimum atomic E-state index is 0.0435. The van der Waals surface area contributed by atoms with Crippen LogP contribution in [-0.2, 0) is 0 Å². The lowest BCUT2D eigenvalue weighted by atomic mass is 10.1. The highest BCUT2D eigenvalue weighted by molar-refractivity contribution is 7.99. The normalized spacial score (nSPS) is 10.6. The number of nitrogens with zero attached hydrogens (tertiary/aromatic N) is 2. The molecule has 0 saturated carbocycles.